The summed E-state index contributed by atoms with van der Waals surface area (Å²) in [4.78, 5) is 37.4. The number of carboxylic acid groups (broad SMARTS) is 1. The van der Waals surface area contributed by atoms with Gasteiger partial charge in [0.1, 0.15) is 13.2 Å². The molecule has 0 saturated heterocycles. The van der Waals surface area contributed by atoms with E-state index < -0.39 is 24.3 Å². The number of carbonyl (C=O) groups excluding carboxylic acids is 3. The van der Waals surface area contributed by atoms with Gasteiger partial charge in [-0.15, -0.1) is 0 Å². The lowest BCUT2D eigenvalue weighted by Crippen LogP contribution is -2.44. The number of esters is 2. The fraction of sp³-hybridized carbons (Fsp3) is 0.809. The molecule has 448 valence electrons. The van der Waals surface area contributed by atoms with Crippen molar-refractivity contribution in [2.24, 2.45) is 0 Å². The van der Waals surface area contributed by atoms with E-state index in [0.29, 0.717) is 23.9 Å². The van der Waals surface area contributed by atoms with Gasteiger partial charge in [-0.1, -0.05) is 267 Å². The first-order valence-electron chi connectivity index (χ1n) is 32.4. The fourth-order valence-electron chi connectivity index (χ4n) is 9.29. The lowest BCUT2D eigenvalue weighted by molar-refractivity contribution is -0.870. The van der Waals surface area contributed by atoms with Crippen LogP contribution in [0.15, 0.2) is 60.8 Å². The van der Waals surface area contributed by atoms with E-state index in [2.05, 4.69) is 74.6 Å². The first-order chi connectivity index (χ1) is 37.6. The number of carboxylic acids is 1. The van der Waals surface area contributed by atoms with Gasteiger partial charge in [-0.25, -0.2) is 0 Å². The highest BCUT2D eigenvalue weighted by molar-refractivity contribution is 5.70. The third kappa shape index (κ3) is 60.5. The van der Waals surface area contributed by atoms with Crippen LogP contribution in [0.2, 0.25) is 0 Å². The van der Waals surface area contributed by atoms with Crippen molar-refractivity contribution in [2.45, 2.75) is 309 Å². The van der Waals surface area contributed by atoms with Crippen LogP contribution in [0, 0.1) is 0 Å². The first kappa shape index (κ1) is 74.0. The summed E-state index contributed by atoms with van der Waals surface area (Å²) in [6, 6.07) is 0. The largest absolute Gasteiger partial charge is 0.545 e. The van der Waals surface area contributed by atoms with Crippen molar-refractivity contribution in [3.8, 4) is 0 Å². The normalized spacial score (nSPS) is 13.1. The number of hydrogen-bond donors (Lipinski definition) is 0. The standard InChI is InChI=1S/C68H123NO8/c1-6-8-10-12-14-16-18-20-22-24-26-28-30-31-32-33-34-35-37-38-40-42-44-46-48-50-52-54-56-58-65(70)75-62-64(63-76-68(67(72)73)74-61-60-69(3,4)5)77-66(71)59-57-55-53-51-49-47-45-43-41-39-36-29-27-25-23-21-19-17-15-13-11-9-7-2/h9,11,15,17,21,23-24,26-27,29,64,68H,6-8,10,12-14,16,18-20,22,25,28,30-63H2,1-5H3/b11-9-,17-15-,23-21-,26-24-,29-27-. The van der Waals surface area contributed by atoms with Gasteiger partial charge in [-0.3, -0.25) is 9.59 Å². The zero-order chi connectivity index (χ0) is 56.2. The van der Waals surface area contributed by atoms with Crippen molar-refractivity contribution in [1.29, 1.82) is 0 Å². The highest BCUT2D eigenvalue weighted by Gasteiger charge is 2.22. The maximum Gasteiger partial charge on any atom is 0.306 e. The van der Waals surface area contributed by atoms with Gasteiger partial charge < -0.3 is 33.3 Å². The number of rotatable bonds is 60. The number of hydrogen-bond acceptors (Lipinski definition) is 8. The Morgan fingerprint density at radius 1 is 0.403 bits per heavy atom. The number of quaternary nitrogens is 1. The lowest BCUT2D eigenvalue weighted by Gasteiger charge is -2.26. The van der Waals surface area contributed by atoms with E-state index in [1.165, 1.54) is 193 Å². The van der Waals surface area contributed by atoms with E-state index in [-0.39, 0.29) is 32.2 Å². The Hall–Kier alpha value is -3.01. The van der Waals surface area contributed by atoms with Crippen molar-refractivity contribution in [1.82, 2.24) is 0 Å². The maximum absolute atomic E-state index is 12.9. The minimum Gasteiger partial charge on any atom is -0.545 e. The van der Waals surface area contributed by atoms with E-state index in [9.17, 15) is 19.5 Å². The Bertz CT molecular complexity index is 1450. The molecule has 0 N–H and O–H groups in total. The van der Waals surface area contributed by atoms with Gasteiger partial charge in [-0.2, -0.15) is 0 Å². The van der Waals surface area contributed by atoms with Crippen LogP contribution in [-0.4, -0.2) is 82.3 Å². The molecule has 2 unspecified atom stereocenters. The molecule has 0 aromatic rings. The SMILES string of the molecule is CC/C=C\C/C=C\C/C=C\C/C=C\CCCCCCCCCCCCC(=O)OC(COC(=O)CCCCCCCCCCCCCCCCCCC/C=C\CCCCCCCCCC)COC(OCC[N+](C)(C)C)C(=O)[O-]. The summed E-state index contributed by atoms with van der Waals surface area (Å²) in [7, 11) is 5.93. The van der Waals surface area contributed by atoms with Gasteiger partial charge in [0.05, 0.1) is 40.3 Å². The highest BCUT2D eigenvalue weighted by atomic mass is 16.7. The Kier molecular flexibility index (Phi) is 56.8. The molecule has 0 aromatic carbocycles. The van der Waals surface area contributed by atoms with Gasteiger partial charge in [0.2, 0.25) is 0 Å². The average molecular weight is 1080 g/mol. The van der Waals surface area contributed by atoms with Crippen LogP contribution in [-0.2, 0) is 33.3 Å². The molecule has 9 heteroatoms. The van der Waals surface area contributed by atoms with Gasteiger partial charge in [0.15, 0.2) is 12.4 Å². The number of allylic oxidation sites excluding steroid dienone is 10. The predicted molar refractivity (Wildman–Crippen MR) is 325 cm³/mol. The van der Waals surface area contributed by atoms with E-state index in [1.54, 1.807) is 0 Å². The Morgan fingerprint density at radius 3 is 1.12 bits per heavy atom. The summed E-state index contributed by atoms with van der Waals surface area (Å²) in [6.07, 6.45) is 72.9. The van der Waals surface area contributed by atoms with Crippen LogP contribution in [0.5, 0.6) is 0 Å². The second-order valence-electron chi connectivity index (χ2n) is 23.0. The van der Waals surface area contributed by atoms with Crippen molar-refractivity contribution >= 4 is 17.9 Å². The topological polar surface area (TPSA) is 111 Å². The number of nitrogens with zero attached hydrogens (tertiary/aromatic N) is 1. The van der Waals surface area contributed by atoms with Crippen LogP contribution in [0.4, 0.5) is 0 Å². The average Bonchev–Trinajstić information content (AvgIpc) is 3.40. The number of aliphatic carboxylic acids is 1. The molecule has 0 radical (unpaired) electrons. The van der Waals surface area contributed by atoms with E-state index in [4.69, 9.17) is 18.9 Å². The number of unbranched alkanes of at least 4 members (excludes halogenated alkanes) is 35. The minimum atomic E-state index is -1.62. The molecule has 0 fully saturated rings. The molecule has 0 spiro atoms. The Morgan fingerprint density at radius 2 is 0.740 bits per heavy atom. The third-order valence-electron chi connectivity index (χ3n) is 14.2. The summed E-state index contributed by atoms with van der Waals surface area (Å²) in [5.41, 5.74) is 0. The van der Waals surface area contributed by atoms with Crippen LogP contribution >= 0.6 is 0 Å². The molecule has 0 saturated carbocycles. The molecule has 0 aliphatic heterocycles. The molecule has 0 aliphatic rings. The van der Waals surface area contributed by atoms with Crippen molar-refractivity contribution in [3.63, 3.8) is 0 Å². The molecule has 2 atom stereocenters. The van der Waals surface area contributed by atoms with Crippen LogP contribution in [0.25, 0.3) is 0 Å². The minimum absolute atomic E-state index is 0.146. The highest BCUT2D eigenvalue weighted by Crippen LogP contribution is 2.17. The molecular weight excluding hydrogens is 959 g/mol. The van der Waals surface area contributed by atoms with E-state index in [1.807, 2.05) is 21.1 Å². The summed E-state index contributed by atoms with van der Waals surface area (Å²) < 4.78 is 22.8. The van der Waals surface area contributed by atoms with Crippen molar-refractivity contribution in [2.75, 3.05) is 47.5 Å². The van der Waals surface area contributed by atoms with E-state index >= 15 is 0 Å². The van der Waals surface area contributed by atoms with Gasteiger partial charge in [0, 0.05) is 12.8 Å². The summed E-state index contributed by atoms with van der Waals surface area (Å²) in [5.74, 6) is -2.28. The summed E-state index contributed by atoms with van der Waals surface area (Å²) in [6.45, 7) is 4.67. The summed E-state index contributed by atoms with van der Waals surface area (Å²) >= 11 is 0. The quantitative estimate of drug-likeness (QED) is 0.0195. The molecule has 0 aliphatic carbocycles. The van der Waals surface area contributed by atoms with Gasteiger partial charge in [-0.05, 0) is 77.0 Å². The monoisotopic (exact) mass is 1080 g/mol. The molecule has 9 nitrogen and oxygen atoms in total. The van der Waals surface area contributed by atoms with Crippen LogP contribution in [0.1, 0.15) is 296 Å². The zero-order valence-corrected chi connectivity index (χ0v) is 51.1. The zero-order valence-electron chi connectivity index (χ0n) is 51.1. The number of likely N-dealkylation sites (N-methyl/N-ethyl adjacent to an activating group) is 1. The van der Waals surface area contributed by atoms with Crippen molar-refractivity contribution in [3.05, 3.63) is 60.8 Å². The maximum atomic E-state index is 12.9. The molecule has 0 heterocycles. The Labute approximate surface area is 475 Å². The molecular formula is C68H123NO8. The molecule has 0 rings (SSSR count). The Balaban J connectivity index is 4.13. The number of ether oxygens (including phenoxy) is 4. The fourth-order valence-corrected chi connectivity index (χ4v) is 9.29. The summed E-state index contributed by atoms with van der Waals surface area (Å²) in [5, 5.41) is 11.8. The smallest absolute Gasteiger partial charge is 0.306 e. The van der Waals surface area contributed by atoms with Crippen molar-refractivity contribution < 1.29 is 42.9 Å². The molecule has 0 bridgehead atoms. The van der Waals surface area contributed by atoms with Crippen LogP contribution < -0.4 is 5.11 Å². The third-order valence-corrected chi connectivity index (χ3v) is 14.2. The van der Waals surface area contributed by atoms with Gasteiger partial charge >= 0.3 is 11.9 Å². The molecule has 77 heavy (non-hydrogen) atoms. The van der Waals surface area contributed by atoms with Crippen LogP contribution in [0.3, 0.4) is 0 Å². The molecule has 0 amide bonds. The number of carbonyl (C=O) groups is 3. The lowest BCUT2D eigenvalue weighted by atomic mass is 10.0. The second-order valence-corrected chi connectivity index (χ2v) is 23.0. The predicted octanol–water partition coefficient (Wildman–Crippen LogP) is 18.2. The van der Waals surface area contributed by atoms with Gasteiger partial charge in [0.25, 0.3) is 0 Å². The van der Waals surface area contributed by atoms with E-state index in [0.717, 1.165) is 70.6 Å². The first-order valence-corrected chi connectivity index (χ1v) is 32.4. The molecule has 0 aromatic heterocycles. The second kappa shape index (κ2) is 59.1.